The van der Waals surface area contributed by atoms with Gasteiger partial charge in [-0.15, -0.1) is 0 Å². The first-order chi connectivity index (χ1) is 13.6. The fourth-order valence-corrected chi connectivity index (χ4v) is 9.47. The summed E-state index contributed by atoms with van der Waals surface area (Å²) in [7, 11) is 0. The van der Waals surface area contributed by atoms with Crippen LogP contribution in [-0.4, -0.2) is 28.6 Å². The van der Waals surface area contributed by atoms with Crippen LogP contribution in [0.5, 0.6) is 0 Å². The van der Waals surface area contributed by atoms with E-state index in [0.717, 1.165) is 29.5 Å². The molecule has 0 radical (unpaired) electrons. The van der Waals surface area contributed by atoms with Crippen molar-refractivity contribution >= 4 is 29.0 Å². The fourth-order valence-electron chi connectivity index (χ4n) is 7.43. The van der Waals surface area contributed by atoms with Gasteiger partial charge in [0.15, 0.2) is 0 Å². The van der Waals surface area contributed by atoms with Crippen LogP contribution in [0.15, 0.2) is 30.3 Å². The minimum atomic E-state index is 0.257. The molecule has 0 heterocycles. The van der Waals surface area contributed by atoms with Gasteiger partial charge in [-0.05, 0) is 80.6 Å². The summed E-state index contributed by atoms with van der Waals surface area (Å²) in [6.07, 6.45) is 8.95. The highest BCUT2D eigenvalue weighted by Crippen LogP contribution is 2.78. The van der Waals surface area contributed by atoms with Crippen molar-refractivity contribution in [1.82, 2.24) is 5.32 Å². The molecule has 0 spiro atoms. The van der Waals surface area contributed by atoms with Gasteiger partial charge < -0.3 is 11.1 Å². The number of rotatable bonds is 6. The van der Waals surface area contributed by atoms with E-state index < -0.39 is 0 Å². The first kappa shape index (κ1) is 19.4. The summed E-state index contributed by atoms with van der Waals surface area (Å²) < 4.78 is 0. The molecule has 5 atom stereocenters. The zero-order valence-electron chi connectivity index (χ0n) is 17.0. The van der Waals surface area contributed by atoms with Crippen molar-refractivity contribution in [1.29, 1.82) is 0 Å². The van der Waals surface area contributed by atoms with Crippen molar-refractivity contribution in [2.24, 2.45) is 28.9 Å². The molecule has 152 valence electrons. The predicted octanol–water partition coefficient (Wildman–Crippen LogP) is 4.91. The van der Waals surface area contributed by atoms with Crippen molar-refractivity contribution in [2.75, 3.05) is 12.3 Å². The van der Waals surface area contributed by atoms with E-state index in [1.54, 1.807) is 5.56 Å². The third-order valence-corrected chi connectivity index (χ3v) is 10.6. The molecular weight excluding hydrogens is 380 g/mol. The molecule has 0 saturated heterocycles. The van der Waals surface area contributed by atoms with Gasteiger partial charge in [0, 0.05) is 22.1 Å². The number of thioether (sulfide) groups is 1. The fraction of sp³-hybridized carbons (Fsp3) is 0.708. The van der Waals surface area contributed by atoms with E-state index in [4.69, 9.17) is 18.0 Å². The molecule has 5 saturated carbocycles. The maximum absolute atomic E-state index is 6.19. The van der Waals surface area contributed by atoms with E-state index in [2.05, 4.69) is 54.3 Å². The molecule has 5 aliphatic rings. The highest BCUT2D eigenvalue weighted by Gasteiger charge is 2.76. The maximum atomic E-state index is 6.19. The van der Waals surface area contributed by atoms with Crippen molar-refractivity contribution in [3.05, 3.63) is 35.9 Å². The SMILES string of the molecule is CCSC1C2CC3(c4ccccc4)CC2(C(=S)NC2CCC(CN)CC2)CC13. The number of nitrogens with one attached hydrogen (secondary N) is 1. The molecule has 0 amide bonds. The van der Waals surface area contributed by atoms with Crippen molar-refractivity contribution in [3.8, 4) is 0 Å². The smallest absolute Gasteiger partial charge is 0.0821 e. The Labute approximate surface area is 179 Å². The monoisotopic (exact) mass is 414 g/mol. The van der Waals surface area contributed by atoms with E-state index in [1.807, 2.05) is 0 Å². The Kier molecular flexibility index (Phi) is 5.04. The highest BCUT2D eigenvalue weighted by molar-refractivity contribution is 7.99. The van der Waals surface area contributed by atoms with Gasteiger partial charge in [-0.1, -0.05) is 49.5 Å². The Morgan fingerprint density at radius 2 is 1.89 bits per heavy atom. The van der Waals surface area contributed by atoms with E-state index in [9.17, 15) is 0 Å². The van der Waals surface area contributed by atoms with Crippen LogP contribution in [0.3, 0.4) is 0 Å². The number of nitrogens with two attached hydrogens (primary N) is 1. The summed E-state index contributed by atoms with van der Waals surface area (Å²) in [5.41, 5.74) is 8.10. The highest BCUT2D eigenvalue weighted by atomic mass is 32.2. The van der Waals surface area contributed by atoms with Gasteiger partial charge in [-0.2, -0.15) is 11.8 Å². The standard InChI is InChI=1S/C24H34N2S2/c1-2-28-21-19-13-24(22(27)26-18-10-8-16(14-25)9-11-18)15-23(19,12-20(21)24)17-6-4-3-5-7-17/h3-7,16,18-21H,2,8-15,25H2,1H3,(H,26,27). The Hall–Kier alpha value is -0.580. The zero-order chi connectivity index (χ0) is 19.4. The van der Waals surface area contributed by atoms with Crippen LogP contribution in [0, 0.1) is 23.2 Å². The zero-order valence-corrected chi connectivity index (χ0v) is 18.7. The third-order valence-electron chi connectivity index (χ3n) is 8.69. The van der Waals surface area contributed by atoms with Crippen LogP contribution in [0.4, 0.5) is 0 Å². The van der Waals surface area contributed by atoms with Crippen molar-refractivity contribution in [2.45, 2.75) is 68.6 Å². The van der Waals surface area contributed by atoms with Crippen LogP contribution in [-0.2, 0) is 5.41 Å². The third kappa shape index (κ3) is 2.74. The normalized spacial score (nSPS) is 43.6. The average Bonchev–Trinajstić information content (AvgIpc) is 3.43. The van der Waals surface area contributed by atoms with Gasteiger partial charge in [0.2, 0.25) is 0 Å². The van der Waals surface area contributed by atoms with Crippen LogP contribution >= 0.6 is 24.0 Å². The van der Waals surface area contributed by atoms with E-state index in [0.29, 0.717) is 11.5 Å². The molecule has 2 nitrogen and oxygen atoms in total. The molecule has 1 aromatic carbocycles. The lowest BCUT2D eigenvalue weighted by molar-refractivity contribution is 0.303. The second kappa shape index (κ2) is 7.28. The quantitative estimate of drug-likeness (QED) is 0.649. The lowest BCUT2D eigenvalue weighted by Crippen LogP contribution is -2.47. The minimum Gasteiger partial charge on any atom is -0.376 e. The van der Waals surface area contributed by atoms with E-state index in [-0.39, 0.29) is 5.41 Å². The number of hydrogen-bond acceptors (Lipinski definition) is 3. The first-order valence-corrected chi connectivity index (χ1v) is 12.8. The van der Waals surface area contributed by atoms with Crippen LogP contribution < -0.4 is 11.1 Å². The van der Waals surface area contributed by atoms with Crippen LogP contribution in [0.25, 0.3) is 0 Å². The summed E-state index contributed by atoms with van der Waals surface area (Å²) >= 11 is 8.39. The summed E-state index contributed by atoms with van der Waals surface area (Å²) in [6.45, 7) is 3.17. The van der Waals surface area contributed by atoms with Gasteiger partial charge in [0.25, 0.3) is 0 Å². The molecule has 4 heteroatoms. The van der Waals surface area contributed by atoms with E-state index >= 15 is 0 Å². The molecule has 28 heavy (non-hydrogen) atoms. The second-order valence-corrected chi connectivity index (χ2v) is 11.7. The van der Waals surface area contributed by atoms with Gasteiger partial charge >= 0.3 is 0 Å². The van der Waals surface area contributed by atoms with Gasteiger partial charge in [0.05, 0.1) is 4.99 Å². The molecular formula is C24H34N2S2. The minimum absolute atomic E-state index is 0.257. The number of thiocarbonyl (C=S) groups is 1. The molecule has 6 rings (SSSR count). The summed E-state index contributed by atoms with van der Waals surface area (Å²) in [5.74, 6) is 3.52. The number of benzene rings is 1. The topological polar surface area (TPSA) is 38.0 Å². The molecule has 0 aromatic heterocycles. The average molecular weight is 415 g/mol. The van der Waals surface area contributed by atoms with Crippen LogP contribution in [0.2, 0.25) is 0 Å². The molecule has 3 N–H and O–H groups in total. The van der Waals surface area contributed by atoms with E-state index in [1.165, 1.54) is 55.7 Å². The Balaban J connectivity index is 1.38. The first-order valence-electron chi connectivity index (χ1n) is 11.3. The van der Waals surface area contributed by atoms with Crippen LogP contribution in [0.1, 0.15) is 57.4 Å². The second-order valence-electron chi connectivity index (χ2n) is 9.82. The Bertz CT molecular complexity index is 729. The lowest BCUT2D eigenvalue weighted by atomic mass is 9.74. The predicted molar refractivity (Wildman–Crippen MR) is 124 cm³/mol. The summed E-state index contributed by atoms with van der Waals surface area (Å²) in [5, 5.41) is 4.69. The van der Waals surface area contributed by atoms with Gasteiger partial charge in [-0.25, -0.2) is 0 Å². The van der Waals surface area contributed by atoms with Crippen molar-refractivity contribution in [3.63, 3.8) is 0 Å². The Morgan fingerprint density at radius 3 is 2.57 bits per heavy atom. The van der Waals surface area contributed by atoms with Gasteiger partial charge in [-0.3, -0.25) is 0 Å². The summed E-state index contributed by atoms with van der Waals surface area (Å²) in [6, 6.07) is 12.0. The van der Waals surface area contributed by atoms with Crippen molar-refractivity contribution < 1.29 is 0 Å². The molecule has 5 unspecified atom stereocenters. The maximum Gasteiger partial charge on any atom is 0.0821 e. The summed E-state index contributed by atoms with van der Waals surface area (Å²) in [4.78, 5) is 1.22. The Morgan fingerprint density at radius 1 is 1.14 bits per heavy atom. The largest absolute Gasteiger partial charge is 0.376 e. The molecule has 5 fully saturated rings. The molecule has 1 aromatic rings. The molecule has 5 aliphatic carbocycles. The molecule has 4 bridgehead atoms. The van der Waals surface area contributed by atoms with Gasteiger partial charge in [0.1, 0.15) is 0 Å². The number of hydrogen-bond donors (Lipinski definition) is 2. The lowest BCUT2D eigenvalue weighted by Gasteiger charge is -2.37. The molecule has 0 aliphatic heterocycles.